The fraction of sp³-hybridized carbons (Fsp3) is 0.889. The van der Waals surface area contributed by atoms with Crippen LogP contribution in [-0.2, 0) is 18.4 Å². The zero-order chi connectivity index (χ0) is 40.0. The Kier molecular flexibility index (Phi) is 36.8. The van der Waals surface area contributed by atoms with E-state index in [-0.39, 0.29) is 19.1 Å². The Hall–Kier alpha value is -1.02. The molecule has 3 N–H and O–H groups in total. The second kappa shape index (κ2) is 37.6. The highest BCUT2D eigenvalue weighted by Crippen LogP contribution is 2.43. The molecular formula is C45H90N2O6P+. The summed E-state index contributed by atoms with van der Waals surface area (Å²) in [5.41, 5.74) is 0. The van der Waals surface area contributed by atoms with Crippen LogP contribution in [0.15, 0.2) is 24.3 Å². The van der Waals surface area contributed by atoms with Gasteiger partial charge in [-0.05, 0) is 44.9 Å². The van der Waals surface area contributed by atoms with Gasteiger partial charge in [0.1, 0.15) is 13.2 Å². The number of nitrogens with one attached hydrogen (secondary N) is 1. The minimum absolute atomic E-state index is 0.0625. The topological polar surface area (TPSA) is 105 Å². The molecule has 320 valence electrons. The number of hydrogen-bond donors (Lipinski definition) is 3. The van der Waals surface area contributed by atoms with Crippen molar-refractivity contribution in [3.05, 3.63) is 24.3 Å². The number of nitrogens with zero attached hydrogens (tertiary/aromatic N) is 1. The van der Waals surface area contributed by atoms with E-state index < -0.39 is 20.0 Å². The molecule has 0 radical (unpaired) electrons. The molecule has 1 unspecified atom stereocenters. The Morgan fingerprint density at radius 3 is 1.43 bits per heavy atom. The third-order valence-electron chi connectivity index (χ3n) is 10.2. The Labute approximate surface area is 334 Å². The van der Waals surface area contributed by atoms with E-state index in [0.29, 0.717) is 17.4 Å². The van der Waals surface area contributed by atoms with Gasteiger partial charge in [0.2, 0.25) is 5.91 Å². The van der Waals surface area contributed by atoms with Crippen LogP contribution in [0.5, 0.6) is 0 Å². The maximum atomic E-state index is 12.9. The zero-order valence-electron chi connectivity index (χ0n) is 36.2. The van der Waals surface area contributed by atoms with Crippen LogP contribution in [0.3, 0.4) is 0 Å². The number of hydrogen-bond acceptors (Lipinski definition) is 5. The number of phosphoric acid groups is 1. The molecule has 3 atom stereocenters. The van der Waals surface area contributed by atoms with Crippen molar-refractivity contribution in [2.75, 3.05) is 40.9 Å². The summed E-state index contributed by atoms with van der Waals surface area (Å²) in [7, 11) is 1.57. The highest BCUT2D eigenvalue weighted by Gasteiger charge is 2.27. The van der Waals surface area contributed by atoms with E-state index in [0.717, 1.165) is 38.5 Å². The van der Waals surface area contributed by atoms with Crippen LogP contribution < -0.4 is 5.32 Å². The lowest BCUT2D eigenvalue weighted by atomic mass is 10.0. The molecule has 0 aliphatic rings. The Bertz CT molecular complexity index is 938. The van der Waals surface area contributed by atoms with Gasteiger partial charge >= 0.3 is 7.82 Å². The molecule has 0 fully saturated rings. The van der Waals surface area contributed by atoms with Gasteiger partial charge in [0.15, 0.2) is 0 Å². The van der Waals surface area contributed by atoms with Gasteiger partial charge in [0.05, 0.1) is 39.9 Å². The van der Waals surface area contributed by atoms with Crippen LogP contribution in [-0.4, -0.2) is 73.4 Å². The van der Waals surface area contributed by atoms with Gasteiger partial charge in [-0.25, -0.2) is 4.57 Å². The van der Waals surface area contributed by atoms with Crippen molar-refractivity contribution < 1.29 is 32.9 Å². The normalized spacial score (nSPS) is 14.6. The van der Waals surface area contributed by atoms with Crippen LogP contribution in [0.2, 0.25) is 0 Å². The van der Waals surface area contributed by atoms with Gasteiger partial charge in [-0.1, -0.05) is 179 Å². The number of phosphoric ester groups is 1. The average Bonchev–Trinajstić information content (AvgIpc) is 3.12. The summed E-state index contributed by atoms with van der Waals surface area (Å²) in [6.45, 7) is 4.80. The van der Waals surface area contributed by atoms with Gasteiger partial charge in [-0.15, -0.1) is 0 Å². The lowest BCUT2D eigenvalue weighted by Gasteiger charge is -2.25. The molecule has 0 spiro atoms. The molecule has 1 amide bonds. The van der Waals surface area contributed by atoms with Crippen molar-refractivity contribution in [2.45, 2.75) is 219 Å². The van der Waals surface area contributed by atoms with Crippen molar-refractivity contribution in [1.29, 1.82) is 0 Å². The second-order valence-corrected chi connectivity index (χ2v) is 18.2. The van der Waals surface area contributed by atoms with Crippen LogP contribution in [0.4, 0.5) is 0 Å². The van der Waals surface area contributed by atoms with Crippen molar-refractivity contribution in [3.63, 3.8) is 0 Å². The zero-order valence-corrected chi connectivity index (χ0v) is 37.1. The lowest BCUT2D eigenvalue weighted by Crippen LogP contribution is -2.45. The van der Waals surface area contributed by atoms with E-state index in [2.05, 4.69) is 31.3 Å². The molecule has 0 aliphatic carbocycles. The first-order valence-corrected chi connectivity index (χ1v) is 24.2. The van der Waals surface area contributed by atoms with Gasteiger partial charge in [0, 0.05) is 6.42 Å². The number of unbranched alkanes of at least 4 members (excludes halogenated alkanes) is 26. The molecule has 0 aromatic heterocycles. The molecule has 0 bridgehead atoms. The molecule has 9 heteroatoms. The van der Waals surface area contributed by atoms with E-state index in [9.17, 15) is 19.4 Å². The largest absolute Gasteiger partial charge is 0.472 e. The predicted octanol–water partition coefficient (Wildman–Crippen LogP) is 12.5. The van der Waals surface area contributed by atoms with E-state index in [4.69, 9.17) is 9.05 Å². The summed E-state index contributed by atoms with van der Waals surface area (Å²) >= 11 is 0. The van der Waals surface area contributed by atoms with Gasteiger partial charge < -0.3 is 19.8 Å². The van der Waals surface area contributed by atoms with Gasteiger partial charge in [0.25, 0.3) is 0 Å². The molecule has 54 heavy (non-hydrogen) atoms. The number of quaternary nitrogens is 1. The standard InChI is InChI=1S/C45H89N2O6P/c1-6-8-10-12-14-16-18-19-20-21-22-23-24-25-26-27-29-31-33-35-37-39-45(49)46-43(42-53-54(50,51)52-41-40-47(3,4)5)44(48)38-36-34-32-30-28-17-15-13-11-9-7-2/h19-20,36,38,43-44,48H,6-18,21-35,37,39-42H2,1-5H3,(H-,46,49,50,51)/p+1/b20-19-,38-36+/t43-,44+/m0/s1. The monoisotopic (exact) mass is 786 g/mol. The average molecular weight is 786 g/mol. The molecule has 8 nitrogen and oxygen atoms in total. The third-order valence-corrected chi connectivity index (χ3v) is 11.1. The van der Waals surface area contributed by atoms with Crippen molar-refractivity contribution >= 4 is 13.7 Å². The van der Waals surface area contributed by atoms with Gasteiger partial charge in [-0.3, -0.25) is 13.8 Å². The summed E-state index contributed by atoms with van der Waals surface area (Å²) in [4.78, 5) is 23.1. The predicted molar refractivity (Wildman–Crippen MR) is 231 cm³/mol. The molecule has 0 heterocycles. The van der Waals surface area contributed by atoms with Gasteiger partial charge in [-0.2, -0.15) is 0 Å². The second-order valence-electron chi connectivity index (χ2n) is 16.8. The number of aliphatic hydroxyl groups excluding tert-OH is 1. The minimum atomic E-state index is -4.33. The summed E-state index contributed by atoms with van der Waals surface area (Å²) in [5.74, 6) is -0.179. The number of amides is 1. The maximum absolute atomic E-state index is 12.9. The summed E-state index contributed by atoms with van der Waals surface area (Å²) in [5, 5.41) is 13.8. The Balaban J connectivity index is 4.28. The first-order valence-electron chi connectivity index (χ1n) is 22.7. The number of allylic oxidation sites excluding steroid dienone is 3. The van der Waals surface area contributed by atoms with E-state index in [1.54, 1.807) is 6.08 Å². The lowest BCUT2D eigenvalue weighted by molar-refractivity contribution is -0.870. The molecule has 0 saturated heterocycles. The molecule has 0 aliphatic heterocycles. The highest BCUT2D eigenvalue weighted by atomic mass is 31.2. The number of carbonyl (C=O) groups is 1. The molecule has 0 rings (SSSR count). The summed E-state index contributed by atoms with van der Waals surface area (Å²) in [6, 6.07) is -0.842. The highest BCUT2D eigenvalue weighted by molar-refractivity contribution is 7.47. The summed E-state index contributed by atoms with van der Waals surface area (Å²) < 4.78 is 23.5. The van der Waals surface area contributed by atoms with Crippen molar-refractivity contribution in [1.82, 2.24) is 5.32 Å². The quantitative estimate of drug-likeness (QED) is 0.0247. The van der Waals surface area contributed by atoms with E-state index in [1.807, 2.05) is 27.2 Å². The molecule has 0 aromatic rings. The van der Waals surface area contributed by atoms with Crippen molar-refractivity contribution in [3.8, 4) is 0 Å². The van der Waals surface area contributed by atoms with Crippen LogP contribution >= 0.6 is 7.82 Å². The minimum Gasteiger partial charge on any atom is -0.387 e. The number of aliphatic hydroxyl groups is 1. The third kappa shape index (κ3) is 39.2. The first kappa shape index (κ1) is 53.0. The number of rotatable bonds is 41. The first-order chi connectivity index (χ1) is 26.0. The molecular weight excluding hydrogens is 695 g/mol. The number of likely N-dealkylation sites (N-methyl/N-ethyl adjacent to an activating group) is 1. The smallest absolute Gasteiger partial charge is 0.387 e. The maximum Gasteiger partial charge on any atom is 0.472 e. The van der Waals surface area contributed by atoms with Crippen LogP contribution in [0.25, 0.3) is 0 Å². The van der Waals surface area contributed by atoms with E-state index >= 15 is 0 Å². The fourth-order valence-corrected chi connectivity index (χ4v) is 7.24. The molecule has 0 aromatic carbocycles. The molecule has 0 saturated carbocycles. The van der Waals surface area contributed by atoms with Crippen molar-refractivity contribution in [2.24, 2.45) is 0 Å². The fourth-order valence-electron chi connectivity index (χ4n) is 6.51. The number of carbonyl (C=O) groups excluding carboxylic acids is 1. The Morgan fingerprint density at radius 2 is 1.00 bits per heavy atom. The van der Waals surface area contributed by atoms with Crippen LogP contribution in [0, 0.1) is 0 Å². The Morgan fingerprint density at radius 1 is 0.611 bits per heavy atom. The summed E-state index contributed by atoms with van der Waals surface area (Å²) in [6.07, 6.45) is 43.9. The SMILES string of the molecule is CCCCCCCC/C=C\CCCCCCCCCCCCCC(=O)N[C@@H](COP(=O)(O)OCC[N+](C)(C)C)[C@H](O)/C=C/CCCCCCCCCCC. The van der Waals surface area contributed by atoms with Crippen LogP contribution in [0.1, 0.15) is 206 Å². The van der Waals surface area contributed by atoms with E-state index in [1.165, 1.54) is 148 Å².